The van der Waals surface area contributed by atoms with E-state index in [0.717, 1.165) is 7.05 Å². The van der Waals surface area contributed by atoms with Gasteiger partial charge in [-0.1, -0.05) is 6.07 Å². The number of benzene rings is 1. The standard InChI is InChI=1S/C19H19F3N4O3/c1-8-5-6-11(29-4)9(2)14(8)26-15-10(13(16(26)23)17(24)27)7-12(19(20,21)22)25(3)18(15)28/h5-7H,23H2,1-4H3,(H2,24,27). The number of anilines is 1. The van der Waals surface area contributed by atoms with Crippen molar-refractivity contribution in [1.82, 2.24) is 9.13 Å². The number of carbonyl (C=O) groups excluding carboxylic acids is 1. The summed E-state index contributed by atoms with van der Waals surface area (Å²) in [6.45, 7) is 3.45. The molecule has 0 aliphatic heterocycles. The zero-order valence-electron chi connectivity index (χ0n) is 16.1. The molecular formula is C19H19F3N4O3. The molecule has 10 heteroatoms. The molecule has 0 unspecified atom stereocenters. The molecule has 0 atom stereocenters. The Labute approximate surface area is 163 Å². The molecule has 0 fully saturated rings. The molecule has 1 amide bonds. The van der Waals surface area contributed by atoms with Gasteiger partial charge in [0, 0.05) is 18.0 Å². The monoisotopic (exact) mass is 408 g/mol. The van der Waals surface area contributed by atoms with Crippen LogP contribution in [0.2, 0.25) is 0 Å². The SMILES string of the molecule is COc1ccc(C)c(-n2c(N)c(C(N)=O)c3cc(C(F)(F)F)n(C)c(=O)c32)c1C. The van der Waals surface area contributed by atoms with Crippen LogP contribution in [0.15, 0.2) is 23.0 Å². The van der Waals surface area contributed by atoms with Crippen molar-refractivity contribution in [3.05, 3.63) is 50.9 Å². The first kappa shape index (κ1) is 20.3. The maximum Gasteiger partial charge on any atom is 0.431 e. The predicted octanol–water partition coefficient (Wildman–Crippen LogP) is 2.65. The van der Waals surface area contributed by atoms with Gasteiger partial charge in [-0.2, -0.15) is 13.2 Å². The van der Waals surface area contributed by atoms with E-state index in [9.17, 15) is 22.8 Å². The molecule has 7 nitrogen and oxygen atoms in total. The van der Waals surface area contributed by atoms with E-state index in [4.69, 9.17) is 16.2 Å². The van der Waals surface area contributed by atoms with E-state index in [2.05, 4.69) is 0 Å². The number of methoxy groups -OCH3 is 1. The van der Waals surface area contributed by atoms with Crippen LogP contribution in [-0.2, 0) is 13.2 Å². The minimum atomic E-state index is -4.81. The van der Waals surface area contributed by atoms with Crippen molar-refractivity contribution in [1.29, 1.82) is 0 Å². The number of aromatic nitrogens is 2. The van der Waals surface area contributed by atoms with Gasteiger partial charge >= 0.3 is 6.18 Å². The first-order valence-corrected chi connectivity index (χ1v) is 8.47. The van der Waals surface area contributed by atoms with Crippen LogP contribution in [0.5, 0.6) is 5.75 Å². The summed E-state index contributed by atoms with van der Waals surface area (Å²) >= 11 is 0. The third kappa shape index (κ3) is 2.91. The van der Waals surface area contributed by atoms with Crippen LogP contribution in [0.25, 0.3) is 16.6 Å². The number of pyridine rings is 1. The minimum Gasteiger partial charge on any atom is -0.496 e. The van der Waals surface area contributed by atoms with Crippen LogP contribution >= 0.6 is 0 Å². The number of halogens is 3. The van der Waals surface area contributed by atoms with Crippen molar-refractivity contribution in [2.24, 2.45) is 12.8 Å². The second kappa shape index (κ2) is 6.57. The molecular weight excluding hydrogens is 389 g/mol. The summed E-state index contributed by atoms with van der Waals surface area (Å²) in [4.78, 5) is 25.0. The van der Waals surface area contributed by atoms with Gasteiger partial charge in [0.25, 0.3) is 11.5 Å². The number of ether oxygens (including phenoxy) is 1. The van der Waals surface area contributed by atoms with Gasteiger partial charge in [0.1, 0.15) is 22.8 Å². The number of nitrogens with two attached hydrogens (primary N) is 2. The van der Waals surface area contributed by atoms with Crippen LogP contribution in [0.4, 0.5) is 19.0 Å². The molecule has 2 aromatic heterocycles. The number of alkyl halides is 3. The largest absolute Gasteiger partial charge is 0.496 e. The van der Waals surface area contributed by atoms with Gasteiger partial charge in [-0.3, -0.25) is 14.2 Å². The van der Waals surface area contributed by atoms with Gasteiger partial charge in [-0.25, -0.2) is 0 Å². The number of hydrogen-bond acceptors (Lipinski definition) is 4. The van der Waals surface area contributed by atoms with E-state index in [0.29, 0.717) is 33.2 Å². The summed E-state index contributed by atoms with van der Waals surface area (Å²) < 4.78 is 47.3. The Balaban J connectivity index is 2.62. The predicted molar refractivity (Wildman–Crippen MR) is 102 cm³/mol. The Morgan fingerprint density at radius 2 is 1.83 bits per heavy atom. The lowest BCUT2D eigenvalue weighted by molar-refractivity contribution is -0.143. The lowest BCUT2D eigenvalue weighted by Crippen LogP contribution is -2.27. The molecule has 0 bridgehead atoms. The lowest BCUT2D eigenvalue weighted by atomic mass is 10.1. The third-order valence-electron chi connectivity index (χ3n) is 4.96. The average Bonchev–Trinajstić information content (AvgIpc) is 2.90. The van der Waals surface area contributed by atoms with E-state index in [1.807, 2.05) is 0 Å². The smallest absolute Gasteiger partial charge is 0.431 e. The van der Waals surface area contributed by atoms with Gasteiger partial charge in [0.15, 0.2) is 0 Å². The lowest BCUT2D eigenvalue weighted by Gasteiger charge is -2.17. The Morgan fingerprint density at radius 3 is 2.34 bits per heavy atom. The van der Waals surface area contributed by atoms with E-state index < -0.39 is 23.3 Å². The first-order valence-electron chi connectivity index (χ1n) is 8.47. The van der Waals surface area contributed by atoms with Crippen LogP contribution in [0.1, 0.15) is 27.2 Å². The molecule has 154 valence electrons. The summed E-state index contributed by atoms with van der Waals surface area (Å²) in [5.74, 6) is -0.773. The highest BCUT2D eigenvalue weighted by Gasteiger charge is 2.36. The highest BCUT2D eigenvalue weighted by molar-refractivity contribution is 6.11. The number of nitrogens with zero attached hydrogens (tertiary/aromatic N) is 2. The molecule has 0 aliphatic carbocycles. The second-order valence-electron chi connectivity index (χ2n) is 6.67. The average molecular weight is 408 g/mol. The summed E-state index contributed by atoms with van der Waals surface area (Å²) in [7, 11) is 2.47. The number of primary amides is 1. The van der Waals surface area contributed by atoms with Crippen molar-refractivity contribution < 1.29 is 22.7 Å². The summed E-state index contributed by atoms with van der Waals surface area (Å²) in [6.07, 6.45) is -4.81. The van der Waals surface area contributed by atoms with E-state index in [1.54, 1.807) is 26.0 Å². The minimum absolute atomic E-state index is 0.175. The number of rotatable bonds is 3. The molecule has 0 saturated carbocycles. The Bertz CT molecular complexity index is 1220. The quantitative estimate of drug-likeness (QED) is 0.695. The number of nitrogen functional groups attached to an aromatic ring is 1. The number of hydrogen-bond donors (Lipinski definition) is 2. The highest BCUT2D eigenvalue weighted by Crippen LogP contribution is 2.37. The van der Waals surface area contributed by atoms with E-state index in [1.165, 1.54) is 11.7 Å². The van der Waals surface area contributed by atoms with Crippen LogP contribution in [0.3, 0.4) is 0 Å². The van der Waals surface area contributed by atoms with Crippen molar-refractivity contribution in [2.45, 2.75) is 20.0 Å². The number of fused-ring (bicyclic) bond motifs is 1. The Morgan fingerprint density at radius 1 is 1.21 bits per heavy atom. The summed E-state index contributed by atoms with van der Waals surface area (Å²) in [6, 6.07) is 4.14. The van der Waals surface area contributed by atoms with Gasteiger partial charge in [0.05, 0.1) is 18.4 Å². The highest BCUT2D eigenvalue weighted by atomic mass is 19.4. The van der Waals surface area contributed by atoms with Crippen LogP contribution in [-0.4, -0.2) is 22.2 Å². The van der Waals surface area contributed by atoms with E-state index in [-0.39, 0.29) is 22.3 Å². The zero-order valence-corrected chi connectivity index (χ0v) is 16.1. The fourth-order valence-electron chi connectivity index (χ4n) is 3.61. The maximum atomic E-state index is 13.4. The number of carbonyl (C=O) groups is 1. The normalized spacial score (nSPS) is 11.8. The molecule has 0 spiro atoms. The molecule has 0 saturated heterocycles. The molecule has 0 radical (unpaired) electrons. The first-order chi connectivity index (χ1) is 13.4. The van der Waals surface area contributed by atoms with Crippen molar-refractivity contribution in [3.8, 4) is 11.4 Å². The number of amides is 1. The van der Waals surface area contributed by atoms with Crippen LogP contribution in [0, 0.1) is 13.8 Å². The van der Waals surface area contributed by atoms with Gasteiger partial charge in [-0.15, -0.1) is 0 Å². The molecule has 3 aromatic rings. The molecule has 0 aliphatic rings. The van der Waals surface area contributed by atoms with Gasteiger partial charge < -0.3 is 20.8 Å². The van der Waals surface area contributed by atoms with Crippen LogP contribution < -0.4 is 21.8 Å². The fraction of sp³-hybridized carbons (Fsp3) is 0.263. The molecule has 4 N–H and O–H groups in total. The topological polar surface area (TPSA) is 105 Å². The van der Waals surface area contributed by atoms with Gasteiger partial charge in [0.2, 0.25) is 0 Å². The summed E-state index contributed by atoms with van der Waals surface area (Å²) in [5.41, 5.74) is 10.5. The molecule has 3 rings (SSSR count). The number of aryl methyl sites for hydroxylation is 1. The fourth-order valence-corrected chi connectivity index (χ4v) is 3.61. The third-order valence-corrected chi connectivity index (χ3v) is 4.96. The van der Waals surface area contributed by atoms with Gasteiger partial charge in [-0.05, 0) is 31.5 Å². The Hall–Kier alpha value is -3.43. The van der Waals surface area contributed by atoms with Crippen molar-refractivity contribution in [3.63, 3.8) is 0 Å². The zero-order chi connectivity index (χ0) is 21.8. The molecule has 29 heavy (non-hydrogen) atoms. The van der Waals surface area contributed by atoms with Crippen molar-refractivity contribution in [2.75, 3.05) is 12.8 Å². The molecule has 1 aromatic carbocycles. The van der Waals surface area contributed by atoms with Crippen molar-refractivity contribution >= 4 is 22.6 Å². The summed E-state index contributed by atoms with van der Waals surface area (Å²) in [5, 5.41) is -0.257. The Kier molecular flexibility index (Phi) is 4.60. The van der Waals surface area contributed by atoms with E-state index >= 15 is 0 Å². The second-order valence-corrected chi connectivity index (χ2v) is 6.67. The molecule has 2 heterocycles. The maximum absolute atomic E-state index is 13.4.